The van der Waals surface area contributed by atoms with Gasteiger partial charge in [-0.1, -0.05) is 54.1 Å². The molecule has 122 valence electrons. The fraction of sp³-hybridized carbons (Fsp3) is 0.105. The summed E-state index contributed by atoms with van der Waals surface area (Å²) < 4.78 is 0. The third-order valence-corrected chi connectivity index (χ3v) is 3.39. The molecule has 0 aliphatic heterocycles. The summed E-state index contributed by atoms with van der Waals surface area (Å²) in [6.45, 7) is 3.95. The molecule has 5 heteroatoms. The molecule has 0 heterocycles. The van der Waals surface area contributed by atoms with E-state index in [-0.39, 0.29) is 11.7 Å². The summed E-state index contributed by atoms with van der Waals surface area (Å²) in [4.78, 5) is 12.3. The maximum atomic E-state index is 12.3. The number of allylic oxidation sites excluding steroid dienone is 1. The molecule has 0 saturated carbocycles. The Hall–Kier alpha value is -3.21. The fourth-order valence-corrected chi connectivity index (χ4v) is 2.21. The molecule has 0 bridgehead atoms. The Balaban J connectivity index is 2.07. The van der Waals surface area contributed by atoms with Crippen molar-refractivity contribution in [3.05, 3.63) is 76.4 Å². The molecular formula is C19H20N4O. The SMILES string of the molecule is Cc1ccc(C(=O)/C=C/c2ccc(/C=N/N=C(N)N)cc2)c(C)c1. The number of ketones is 1. The Morgan fingerprint density at radius 2 is 1.67 bits per heavy atom. The van der Waals surface area contributed by atoms with Gasteiger partial charge in [-0.05, 0) is 36.6 Å². The molecule has 0 radical (unpaired) electrons. The zero-order chi connectivity index (χ0) is 17.5. The van der Waals surface area contributed by atoms with Crippen LogP contribution in [0.1, 0.15) is 32.6 Å². The van der Waals surface area contributed by atoms with Crippen LogP contribution in [0.4, 0.5) is 0 Å². The lowest BCUT2D eigenvalue weighted by molar-refractivity contribution is 0.104. The number of carbonyl (C=O) groups excluding carboxylic acids is 1. The summed E-state index contributed by atoms with van der Waals surface area (Å²) >= 11 is 0. The third-order valence-electron chi connectivity index (χ3n) is 3.39. The number of guanidine groups is 1. The van der Waals surface area contributed by atoms with Gasteiger partial charge in [0.15, 0.2) is 5.78 Å². The first-order chi connectivity index (χ1) is 11.5. The number of hydrogen-bond acceptors (Lipinski definition) is 3. The molecular weight excluding hydrogens is 300 g/mol. The highest BCUT2D eigenvalue weighted by molar-refractivity contribution is 6.07. The molecule has 5 nitrogen and oxygen atoms in total. The third kappa shape index (κ3) is 4.91. The van der Waals surface area contributed by atoms with Crippen LogP contribution in [0, 0.1) is 13.8 Å². The van der Waals surface area contributed by atoms with Crippen LogP contribution in [0.15, 0.2) is 58.7 Å². The number of rotatable bonds is 5. The Kier molecular flexibility index (Phi) is 5.63. The summed E-state index contributed by atoms with van der Waals surface area (Å²) in [6, 6.07) is 13.3. The highest BCUT2D eigenvalue weighted by atomic mass is 16.1. The van der Waals surface area contributed by atoms with Crippen molar-refractivity contribution in [2.75, 3.05) is 0 Å². The van der Waals surface area contributed by atoms with Crippen LogP contribution in [0.25, 0.3) is 6.08 Å². The summed E-state index contributed by atoms with van der Waals surface area (Å²) in [5, 5.41) is 7.28. The summed E-state index contributed by atoms with van der Waals surface area (Å²) in [6.07, 6.45) is 4.92. The van der Waals surface area contributed by atoms with E-state index in [0.29, 0.717) is 0 Å². The van der Waals surface area contributed by atoms with Crippen LogP contribution >= 0.6 is 0 Å². The largest absolute Gasteiger partial charge is 0.369 e. The minimum atomic E-state index is -0.0873. The second-order valence-corrected chi connectivity index (χ2v) is 5.45. The standard InChI is InChI=1S/C19H20N4O/c1-13-3-9-17(14(2)11-13)18(24)10-8-15-4-6-16(7-5-15)12-22-23-19(20)21/h3-12H,1-2H3,(H4,20,21,23)/b10-8+,22-12+. The van der Waals surface area contributed by atoms with Crippen LogP contribution in [0.2, 0.25) is 0 Å². The molecule has 0 spiro atoms. The first-order valence-electron chi connectivity index (χ1n) is 7.47. The van der Waals surface area contributed by atoms with E-state index in [2.05, 4.69) is 10.2 Å². The maximum Gasteiger partial charge on any atom is 0.211 e. The molecule has 2 aromatic rings. The van der Waals surface area contributed by atoms with Gasteiger partial charge in [-0.15, -0.1) is 5.10 Å². The van der Waals surface area contributed by atoms with Crippen LogP contribution < -0.4 is 11.5 Å². The lowest BCUT2D eigenvalue weighted by Gasteiger charge is -2.03. The Bertz CT molecular complexity index is 814. The van der Waals surface area contributed by atoms with Gasteiger partial charge in [0.05, 0.1) is 6.21 Å². The van der Waals surface area contributed by atoms with E-state index in [4.69, 9.17) is 11.5 Å². The second kappa shape index (κ2) is 7.87. The Morgan fingerprint density at radius 3 is 2.29 bits per heavy atom. The van der Waals surface area contributed by atoms with Crippen molar-refractivity contribution in [3.8, 4) is 0 Å². The van der Waals surface area contributed by atoms with Gasteiger partial charge in [0.25, 0.3) is 0 Å². The molecule has 4 N–H and O–H groups in total. The predicted octanol–water partition coefficient (Wildman–Crippen LogP) is 2.81. The predicted molar refractivity (Wildman–Crippen MR) is 99.1 cm³/mol. The first-order valence-corrected chi connectivity index (χ1v) is 7.47. The minimum Gasteiger partial charge on any atom is -0.369 e. The summed E-state index contributed by atoms with van der Waals surface area (Å²) in [5.74, 6) is -0.0957. The van der Waals surface area contributed by atoms with Gasteiger partial charge in [-0.25, -0.2) is 0 Å². The minimum absolute atomic E-state index is 0.00843. The fourth-order valence-electron chi connectivity index (χ4n) is 2.21. The van der Waals surface area contributed by atoms with Crippen molar-refractivity contribution < 1.29 is 4.79 Å². The van der Waals surface area contributed by atoms with Crippen LogP contribution in [-0.2, 0) is 0 Å². The van der Waals surface area contributed by atoms with E-state index in [1.165, 1.54) is 0 Å². The van der Waals surface area contributed by atoms with E-state index < -0.39 is 0 Å². The number of nitrogens with two attached hydrogens (primary N) is 2. The van der Waals surface area contributed by atoms with Crippen molar-refractivity contribution in [1.29, 1.82) is 0 Å². The van der Waals surface area contributed by atoms with Gasteiger partial charge in [-0.3, -0.25) is 4.79 Å². The number of hydrogen-bond donors (Lipinski definition) is 2. The van der Waals surface area contributed by atoms with Gasteiger partial charge in [0, 0.05) is 5.56 Å². The molecule has 0 aliphatic carbocycles. The van der Waals surface area contributed by atoms with Crippen LogP contribution in [0.3, 0.4) is 0 Å². The molecule has 0 unspecified atom stereocenters. The zero-order valence-electron chi connectivity index (χ0n) is 13.7. The van der Waals surface area contributed by atoms with Crippen molar-refractivity contribution in [3.63, 3.8) is 0 Å². The van der Waals surface area contributed by atoms with Crippen molar-refractivity contribution in [2.45, 2.75) is 13.8 Å². The molecule has 2 aromatic carbocycles. The lowest BCUT2D eigenvalue weighted by Crippen LogP contribution is -2.21. The smallest absolute Gasteiger partial charge is 0.211 e. The number of carbonyl (C=O) groups is 1. The summed E-state index contributed by atoms with van der Waals surface area (Å²) in [7, 11) is 0. The highest BCUT2D eigenvalue weighted by Crippen LogP contribution is 2.13. The molecule has 24 heavy (non-hydrogen) atoms. The number of aryl methyl sites for hydroxylation is 2. The molecule has 0 aromatic heterocycles. The van der Waals surface area contributed by atoms with Crippen LogP contribution in [-0.4, -0.2) is 18.0 Å². The van der Waals surface area contributed by atoms with Gasteiger partial charge in [-0.2, -0.15) is 5.10 Å². The lowest BCUT2D eigenvalue weighted by atomic mass is 10.0. The average Bonchev–Trinajstić information content (AvgIpc) is 2.53. The molecule has 0 saturated heterocycles. The van der Waals surface area contributed by atoms with E-state index in [1.54, 1.807) is 18.4 Å². The van der Waals surface area contributed by atoms with E-state index >= 15 is 0 Å². The quantitative estimate of drug-likeness (QED) is 0.291. The number of benzene rings is 2. The Labute approximate surface area is 141 Å². The normalized spacial score (nSPS) is 11.1. The average molecular weight is 320 g/mol. The molecule has 2 rings (SSSR count). The second-order valence-electron chi connectivity index (χ2n) is 5.45. The monoisotopic (exact) mass is 320 g/mol. The van der Waals surface area contributed by atoms with Crippen molar-refractivity contribution in [1.82, 2.24) is 0 Å². The summed E-state index contributed by atoms with van der Waals surface area (Å²) in [5.41, 5.74) is 15.0. The van der Waals surface area contributed by atoms with E-state index in [0.717, 1.165) is 27.8 Å². The molecule has 0 atom stereocenters. The Morgan fingerprint density at radius 1 is 1.00 bits per heavy atom. The first kappa shape index (κ1) is 17.1. The van der Waals surface area contributed by atoms with Gasteiger partial charge in [0.1, 0.15) is 0 Å². The van der Waals surface area contributed by atoms with Crippen LogP contribution in [0.5, 0.6) is 0 Å². The zero-order valence-corrected chi connectivity index (χ0v) is 13.7. The van der Waals surface area contributed by atoms with E-state index in [1.807, 2.05) is 56.3 Å². The topological polar surface area (TPSA) is 93.8 Å². The van der Waals surface area contributed by atoms with Crippen molar-refractivity contribution >= 4 is 24.0 Å². The maximum absolute atomic E-state index is 12.3. The highest BCUT2D eigenvalue weighted by Gasteiger charge is 2.05. The number of nitrogens with zero attached hydrogens (tertiary/aromatic N) is 2. The van der Waals surface area contributed by atoms with Gasteiger partial charge in [0.2, 0.25) is 5.96 Å². The molecule has 0 fully saturated rings. The van der Waals surface area contributed by atoms with E-state index in [9.17, 15) is 4.79 Å². The van der Waals surface area contributed by atoms with Gasteiger partial charge < -0.3 is 11.5 Å². The molecule has 0 amide bonds. The van der Waals surface area contributed by atoms with Crippen molar-refractivity contribution in [2.24, 2.45) is 21.7 Å². The molecule has 0 aliphatic rings. The van der Waals surface area contributed by atoms with Gasteiger partial charge >= 0.3 is 0 Å².